The second-order valence-electron chi connectivity index (χ2n) is 3.09. The Morgan fingerprint density at radius 1 is 1.43 bits per heavy atom. The van der Waals surface area contributed by atoms with Gasteiger partial charge in [0.25, 0.3) is 0 Å². The molecule has 0 aliphatic rings. The zero-order chi connectivity index (χ0) is 10.3. The van der Waals surface area contributed by atoms with Crippen LogP contribution in [0.15, 0.2) is 18.2 Å². The number of fused-ring (bicyclic) bond motifs is 1. The third kappa shape index (κ3) is 1.30. The Balaban J connectivity index is 2.92. The third-order valence-electron chi connectivity index (χ3n) is 2.09. The summed E-state index contributed by atoms with van der Waals surface area (Å²) in [6, 6.07) is 4.27. The predicted octanol–water partition coefficient (Wildman–Crippen LogP) is 2.92. The molecule has 1 heterocycles. The largest absolute Gasteiger partial charge is 0.397 e. The summed E-state index contributed by atoms with van der Waals surface area (Å²) in [5.74, 6) is -0.342. The van der Waals surface area contributed by atoms with Crippen molar-refractivity contribution in [3.8, 4) is 0 Å². The quantitative estimate of drug-likeness (QED) is 0.726. The molecular formula is C10H8ClFN2. The molecule has 0 aliphatic heterocycles. The zero-order valence-corrected chi connectivity index (χ0v) is 8.27. The van der Waals surface area contributed by atoms with E-state index in [0.29, 0.717) is 27.3 Å². The van der Waals surface area contributed by atoms with Crippen LogP contribution in [-0.4, -0.2) is 4.98 Å². The first-order chi connectivity index (χ1) is 6.59. The highest BCUT2D eigenvalue weighted by atomic mass is 35.5. The maximum atomic E-state index is 12.9. The predicted molar refractivity (Wildman–Crippen MR) is 55.9 cm³/mol. The van der Waals surface area contributed by atoms with E-state index in [9.17, 15) is 4.39 Å². The number of hydrogen-bond acceptors (Lipinski definition) is 2. The lowest BCUT2D eigenvalue weighted by Gasteiger charge is -2.06. The van der Waals surface area contributed by atoms with Crippen LogP contribution >= 0.6 is 11.6 Å². The summed E-state index contributed by atoms with van der Waals surface area (Å²) >= 11 is 5.90. The Morgan fingerprint density at radius 2 is 2.14 bits per heavy atom. The molecule has 0 fully saturated rings. The van der Waals surface area contributed by atoms with Gasteiger partial charge in [0.05, 0.1) is 21.9 Å². The summed E-state index contributed by atoms with van der Waals surface area (Å²) in [6.45, 7) is 1.77. The average molecular weight is 211 g/mol. The fourth-order valence-electron chi connectivity index (χ4n) is 1.36. The molecule has 14 heavy (non-hydrogen) atoms. The highest BCUT2D eigenvalue weighted by Gasteiger charge is 2.08. The fourth-order valence-corrected chi connectivity index (χ4v) is 1.51. The average Bonchev–Trinajstić information content (AvgIpc) is 2.16. The van der Waals surface area contributed by atoms with Gasteiger partial charge in [0.15, 0.2) is 0 Å². The van der Waals surface area contributed by atoms with Crippen LogP contribution in [0.3, 0.4) is 0 Å². The first-order valence-corrected chi connectivity index (χ1v) is 4.48. The molecule has 0 radical (unpaired) electrons. The van der Waals surface area contributed by atoms with Crippen LogP contribution in [0.5, 0.6) is 0 Å². The Kier molecular flexibility index (Phi) is 2.04. The monoisotopic (exact) mass is 210 g/mol. The Hall–Kier alpha value is -1.35. The van der Waals surface area contributed by atoms with Gasteiger partial charge in [-0.05, 0) is 25.1 Å². The molecule has 0 amide bonds. The number of hydrogen-bond donors (Lipinski definition) is 1. The van der Waals surface area contributed by atoms with Gasteiger partial charge in [0, 0.05) is 5.39 Å². The van der Waals surface area contributed by atoms with Gasteiger partial charge in [-0.1, -0.05) is 11.6 Å². The van der Waals surface area contributed by atoms with Crippen molar-refractivity contribution in [2.45, 2.75) is 6.92 Å². The summed E-state index contributed by atoms with van der Waals surface area (Å²) in [5.41, 5.74) is 7.45. The molecule has 0 aliphatic carbocycles. The number of aromatic nitrogens is 1. The van der Waals surface area contributed by atoms with Crippen molar-refractivity contribution in [3.05, 3.63) is 34.7 Å². The summed E-state index contributed by atoms with van der Waals surface area (Å²) in [6.07, 6.45) is 0. The standard InChI is InChI=1S/C10H8ClFN2/c1-5-9(11)10(13)7-4-6(12)2-3-8(7)14-5/h2-4H,1H3,(H2,13,14). The van der Waals surface area contributed by atoms with Crippen LogP contribution in [0.2, 0.25) is 5.02 Å². The van der Waals surface area contributed by atoms with Gasteiger partial charge >= 0.3 is 0 Å². The molecule has 0 saturated carbocycles. The van der Waals surface area contributed by atoms with Gasteiger partial charge in [-0.25, -0.2) is 4.39 Å². The van der Waals surface area contributed by atoms with Crippen LogP contribution < -0.4 is 5.73 Å². The third-order valence-corrected chi connectivity index (χ3v) is 2.57. The Bertz CT molecular complexity index is 511. The van der Waals surface area contributed by atoms with Crippen molar-refractivity contribution >= 4 is 28.2 Å². The molecular weight excluding hydrogens is 203 g/mol. The molecule has 1 aromatic heterocycles. The molecule has 2 nitrogen and oxygen atoms in total. The number of nitrogen functional groups attached to an aromatic ring is 1. The second kappa shape index (κ2) is 3.10. The van der Waals surface area contributed by atoms with Crippen molar-refractivity contribution in [1.82, 2.24) is 4.98 Å². The number of nitrogens with zero attached hydrogens (tertiary/aromatic N) is 1. The molecule has 0 atom stereocenters. The lowest BCUT2D eigenvalue weighted by atomic mass is 10.1. The minimum atomic E-state index is -0.342. The van der Waals surface area contributed by atoms with E-state index >= 15 is 0 Å². The number of aryl methyl sites for hydroxylation is 1. The van der Waals surface area contributed by atoms with E-state index in [2.05, 4.69) is 4.98 Å². The summed E-state index contributed by atoms with van der Waals surface area (Å²) in [7, 11) is 0. The maximum Gasteiger partial charge on any atom is 0.124 e. The molecule has 2 rings (SSSR count). The maximum absolute atomic E-state index is 12.9. The van der Waals surface area contributed by atoms with Crippen molar-refractivity contribution in [3.63, 3.8) is 0 Å². The van der Waals surface area contributed by atoms with Crippen molar-refractivity contribution in [2.75, 3.05) is 5.73 Å². The SMILES string of the molecule is Cc1nc2ccc(F)cc2c(N)c1Cl. The topological polar surface area (TPSA) is 38.9 Å². The first-order valence-electron chi connectivity index (χ1n) is 4.10. The molecule has 1 aromatic carbocycles. The summed E-state index contributed by atoms with van der Waals surface area (Å²) in [5, 5.41) is 0.948. The molecule has 2 aromatic rings. The lowest BCUT2D eigenvalue weighted by Crippen LogP contribution is -1.95. The highest BCUT2D eigenvalue weighted by molar-refractivity contribution is 6.35. The minimum absolute atomic E-state index is 0.342. The van der Waals surface area contributed by atoms with E-state index < -0.39 is 0 Å². The van der Waals surface area contributed by atoms with Crippen LogP contribution in [0, 0.1) is 12.7 Å². The van der Waals surface area contributed by atoms with Crippen LogP contribution in [0.25, 0.3) is 10.9 Å². The minimum Gasteiger partial charge on any atom is -0.397 e. The van der Waals surface area contributed by atoms with E-state index in [1.54, 1.807) is 13.0 Å². The molecule has 4 heteroatoms. The Morgan fingerprint density at radius 3 is 2.86 bits per heavy atom. The number of pyridine rings is 1. The molecule has 0 saturated heterocycles. The zero-order valence-electron chi connectivity index (χ0n) is 7.51. The van der Waals surface area contributed by atoms with E-state index in [0.717, 1.165) is 0 Å². The number of rotatable bonds is 0. The second-order valence-corrected chi connectivity index (χ2v) is 3.46. The summed E-state index contributed by atoms with van der Waals surface area (Å²) < 4.78 is 12.9. The highest BCUT2D eigenvalue weighted by Crippen LogP contribution is 2.29. The Labute approximate surface area is 85.5 Å². The molecule has 0 spiro atoms. The van der Waals surface area contributed by atoms with E-state index in [1.165, 1.54) is 12.1 Å². The van der Waals surface area contributed by atoms with Crippen molar-refractivity contribution in [1.29, 1.82) is 0 Å². The van der Waals surface area contributed by atoms with Gasteiger partial charge in [0.2, 0.25) is 0 Å². The lowest BCUT2D eigenvalue weighted by molar-refractivity contribution is 0.629. The van der Waals surface area contributed by atoms with Gasteiger partial charge < -0.3 is 5.73 Å². The molecule has 0 bridgehead atoms. The van der Waals surface area contributed by atoms with Gasteiger partial charge in [-0.15, -0.1) is 0 Å². The molecule has 2 N–H and O–H groups in total. The normalized spacial score (nSPS) is 10.8. The van der Waals surface area contributed by atoms with Crippen molar-refractivity contribution < 1.29 is 4.39 Å². The van der Waals surface area contributed by atoms with Crippen LogP contribution in [-0.2, 0) is 0 Å². The smallest absolute Gasteiger partial charge is 0.124 e. The van der Waals surface area contributed by atoms with Crippen molar-refractivity contribution in [2.24, 2.45) is 0 Å². The van der Waals surface area contributed by atoms with Crippen LogP contribution in [0.4, 0.5) is 10.1 Å². The number of nitrogens with two attached hydrogens (primary N) is 1. The van der Waals surface area contributed by atoms with E-state index in [-0.39, 0.29) is 5.82 Å². The van der Waals surface area contributed by atoms with E-state index in [1.807, 2.05) is 0 Å². The van der Waals surface area contributed by atoms with E-state index in [4.69, 9.17) is 17.3 Å². The van der Waals surface area contributed by atoms with Gasteiger partial charge in [0.1, 0.15) is 5.82 Å². The first kappa shape index (κ1) is 9.21. The molecule has 0 unspecified atom stereocenters. The van der Waals surface area contributed by atoms with Crippen LogP contribution in [0.1, 0.15) is 5.69 Å². The number of anilines is 1. The van der Waals surface area contributed by atoms with Gasteiger partial charge in [-0.2, -0.15) is 0 Å². The molecule has 72 valence electrons. The van der Waals surface area contributed by atoms with Gasteiger partial charge in [-0.3, -0.25) is 4.98 Å². The number of halogens is 2. The summed E-state index contributed by atoms with van der Waals surface area (Å²) in [4.78, 5) is 4.20. The fraction of sp³-hybridized carbons (Fsp3) is 0.100. The number of benzene rings is 1.